The average Bonchev–Trinajstić information content (AvgIpc) is 3.05. The number of hydrogen-bond donors (Lipinski definition) is 2. The van der Waals surface area contributed by atoms with Crippen molar-refractivity contribution in [3.8, 4) is 0 Å². The van der Waals surface area contributed by atoms with Gasteiger partial charge in [-0.1, -0.05) is 6.07 Å². The van der Waals surface area contributed by atoms with E-state index in [1.54, 1.807) is 18.2 Å². The Kier molecular flexibility index (Phi) is 5.48. The molecule has 1 aromatic rings. The fourth-order valence-corrected chi connectivity index (χ4v) is 2.12. The molecule has 1 atom stereocenters. The van der Waals surface area contributed by atoms with E-state index in [1.807, 2.05) is 0 Å². The summed E-state index contributed by atoms with van der Waals surface area (Å²) in [6.07, 6.45) is 1.82. The van der Waals surface area contributed by atoms with E-state index in [1.165, 1.54) is 13.2 Å². The molecule has 1 saturated heterocycles. The highest BCUT2D eigenvalue weighted by atomic mass is 16.5. The fourth-order valence-electron chi connectivity index (χ4n) is 2.12. The van der Waals surface area contributed by atoms with E-state index in [0.29, 0.717) is 24.4 Å². The molecule has 0 aliphatic carbocycles. The van der Waals surface area contributed by atoms with Gasteiger partial charge < -0.3 is 20.1 Å². The number of carbonyl (C=O) groups is 3. The van der Waals surface area contributed by atoms with Gasteiger partial charge in [-0.05, 0) is 31.0 Å². The Labute approximate surface area is 128 Å². The number of esters is 1. The molecule has 7 heteroatoms. The first kappa shape index (κ1) is 16.0. The van der Waals surface area contributed by atoms with Crippen molar-refractivity contribution in [3.05, 3.63) is 29.8 Å². The molecule has 0 spiro atoms. The second-order valence-electron chi connectivity index (χ2n) is 4.87. The number of methoxy groups -OCH3 is 1. The third-order valence-corrected chi connectivity index (χ3v) is 3.26. The van der Waals surface area contributed by atoms with E-state index in [0.717, 1.165) is 12.8 Å². The van der Waals surface area contributed by atoms with Gasteiger partial charge in [0.1, 0.15) is 0 Å². The van der Waals surface area contributed by atoms with Crippen LogP contribution in [0.25, 0.3) is 0 Å². The maximum Gasteiger partial charge on any atom is 0.337 e. The van der Waals surface area contributed by atoms with Gasteiger partial charge in [-0.15, -0.1) is 0 Å². The maximum absolute atomic E-state index is 11.8. The molecule has 22 heavy (non-hydrogen) atoms. The van der Waals surface area contributed by atoms with Crippen molar-refractivity contribution in [1.82, 2.24) is 5.32 Å². The van der Waals surface area contributed by atoms with E-state index in [9.17, 15) is 14.4 Å². The van der Waals surface area contributed by atoms with Crippen LogP contribution in [0.5, 0.6) is 0 Å². The Morgan fingerprint density at radius 1 is 1.32 bits per heavy atom. The molecule has 1 aliphatic rings. The van der Waals surface area contributed by atoms with Crippen molar-refractivity contribution in [1.29, 1.82) is 0 Å². The van der Waals surface area contributed by atoms with E-state index in [2.05, 4.69) is 15.4 Å². The number of ether oxygens (including phenoxy) is 2. The summed E-state index contributed by atoms with van der Waals surface area (Å²) in [5.74, 6) is -2.04. The quantitative estimate of drug-likeness (QED) is 0.631. The van der Waals surface area contributed by atoms with E-state index < -0.39 is 17.8 Å². The van der Waals surface area contributed by atoms with Crippen molar-refractivity contribution in [3.63, 3.8) is 0 Å². The molecule has 0 bridgehead atoms. The smallest absolute Gasteiger partial charge is 0.337 e. The molecule has 2 amide bonds. The third kappa shape index (κ3) is 4.29. The van der Waals surface area contributed by atoms with Gasteiger partial charge in [-0.2, -0.15) is 0 Å². The predicted molar refractivity (Wildman–Crippen MR) is 78.4 cm³/mol. The van der Waals surface area contributed by atoms with Crippen molar-refractivity contribution >= 4 is 23.5 Å². The normalized spacial score (nSPS) is 16.9. The molecule has 0 aromatic heterocycles. The van der Waals surface area contributed by atoms with Crippen LogP contribution in [-0.4, -0.2) is 44.1 Å². The van der Waals surface area contributed by atoms with E-state index in [-0.39, 0.29) is 6.10 Å². The Morgan fingerprint density at radius 2 is 2.14 bits per heavy atom. The minimum Gasteiger partial charge on any atom is -0.465 e. The second-order valence-corrected chi connectivity index (χ2v) is 4.87. The topological polar surface area (TPSA) is 93.7 Å². The van der Waals surface area contributed by atoms with Crippen LogP contribution < -0.4 is 10.6 Å². The number of rotatable bonds is 4. The monoisotopic (exact) mass is 306 g/mol. The molecule has 2 N–H and O–H groups in total. The summed E-state index contributed by atoms with van der Waals surface area (Å²) in [4.78, 5) is 34.9. The summed E-state index contributed by atoms with van der Waals surface area (Å²) in [6, 6.07) is 6.17. The lowest BCUT2D eigenvalue weighted by atomic mass is 10.2. The Morgan fingerprint density at radius 3 is 2.82 bits per heavy atom. The molecular formula is C15H18N2O5. The zero-order chi connectivity index (χ0) is 15.9. The van der Waals surface area contributed by atoms with Crippen LogP contribution in [0.1, 0.15) is 23.2 Å². The highest BCUT2D eigenvalue weighted by Gasteiger charge is 2.19. The largest absolute Gasteiger partial charge is 0.465 e. The standard InChI is InChI=1S/C15H18N2O5/c1-21-15(20)10-4-2-5-11(8-10)17-14(19)13(18)16-9-12-6-3-7-22-12/h2,4-5,8,12H,3,6-7,9H2,1H3,(H,16,18)(H,17,19). The number of anilines is 1. The van der Waals surface area contributed by atoms with Gasteiger partial charge >= 0.3 is 17.8 Å². The Bertz CT molecular complexity index is 567. The van der Waals surface area contributed by atoms with Crippen molar-refractivity contribution < 1.29 is 23.9 Å². The summed E-state index contributed by atoms with van der Waals surface area (Å²) in [5.41, 5.74) is 0.639. The van der Waals surface area contributed by atoms with Crippen LogP contribution in [0.15, 0.2) is 24.3 Å². The molecule has 1 fully saturated rings. The lowest BCUT2D eigenvalue weighted by Gasteiger charge is -2.11. The van der Waals surface area contributed by atoms with Gasteiger partial charge in [-0.25, -0.2) is 4.79 Å². The summed E-state index contributed by atoms with van der Waals surface area (Å²) < 4.78 is 9.95. The molecule has 1 aliphatic heterocycles. The van der Waals surface area contributed by atoms with Gasteiger partial charge in [0.15, 0.2) is 0 Å². The molecular weight excluding hydrogens is 288 g/mol. The lowest BCUT2D eigenvalue weighted by Crippen LogP contribution is -2.39. The van der Waals surface area contributed by atoms with Crippen LogP contribution in [0, 0.1) is 0 Å². The zero-order valence-electron chi connectivity index (χ0n) is 12.3. The van der Waals surface area contributed by atoms with Crippen LogP contribution in [0.3, 0.4) is 0 Å². The summed E-state index contributed by atoms with van der Waals surface area (Å²) >= 11 is 0. The average molecular weight is 306 g/mol. The number of benzene rings is 1. The number of amides is 2. The van der Waals surface area contributed by atoms with Crippen molar-refractivity contribution in [2.24, 2.45) is 0 Å². The van der Waals surface area contributed by atoms with Crippen molar-refractivity contribution in [2.45, 2.75) is 18.9 Å². The first-order valence-corrected chi connectivity index (χ1v) is 6.99. The van der Waals surface area contributed by atoms with E-state index >= 15 is 0 Å². The van der Waals surface area contributed by atoms with Gasteiger partial charge in [0.05, 0.1) is 18.8 Å². The number of nitrogens with one attached hydrogen (secondary N) is 2. The Hall–Kier alpha value is -2.41. The Balaban J connectivity index is 1.87. The molecule has 118 valence electrons. The summed E-state index contributed by atoms with van der Waals surface area (Å²) in [7, 11) is 1.27. The predicted octanol–water partition coefficient (Wildman–Crippen LogP) is 0.707. The SMILES string of the molecule is COC(=O)c1cccc(NC(=O)C(=O)NCC2CCCO2)c1. The molecule has 1 unspecified atom stereocenters. The number of hydrogen-bond acceptors (Lipinski definition) is 5. The van der Waals surface area contributed by atoms with Crippen LogP contribution in [0.2, 0.25) is 0 Å². The highest BCUT2D eigenvalue weighted by Crippen LogP contribution is 2.12. The lowest BCUT2D eigenvalue weighted by molar-refractivity contribution is -0.136. The zero-order valence-corrected chi connectivity index (χ0v) is 12.3. The van der Waals surface area contributed by atoms with Gasteiger partial charge in [0, 0.05) is 18.8 Å². The highest BCUT2D eigenvalue weighted by molar-refractivity contribution is 6.39. The molecule has 1 heterocycles. The number of carbonyl (C=O) groups excluding carboxylic acids is 3. The minimum atomic E-state index is -0.792. The minimum absolute atomic E-state index is 0.0283. The molecule has 1 aromatic carbocycles. The van der Waals surface area contributed by atoms with Crippen LogP contribution >= 0.6 is 0 Å². The molecule has 0 radical (unpaired) electrons. The first-order chi connectivity index (χ1) is 10.6. The van der Waals surface area contributed by atoms with Gasteiger partial charge in [0.2, 0.25) is 0 Å². The summed E-state index contributed by atoms with van der Waals surface area (Å²) in [6.45, 7) is 1.00. The fraction of sp³-hybridized carbons (Fsp3) is 0.400. The third-order valence-electron chi connectivity index (χ3n) is 3.26. The van der Waals surface area contributed by atoms with Gasteiger partial charge in [-0.3, -0.25) is 9.59 Å². The molecule has 0 saturated carbocycles. The van der Waals surface area contributed by atoms with Crippen molar-refractivity contribution in [2.75, 3.05) is 25.6 Å². The van der Waals surface area contributed by atoms with E-state index in [4.69, 9.17) is 4.74 Å². The first-order valence-electron chi connectivity index (χ1n) is 6.99. The van der Waals surface area contributed by atoms with Crippen LogP contribution in [-0.2, 0) is 19.1 Å². The molecule has 7 nitrogen and oxygen atoms in total. The molecule has 2 rings (SSSR count). The summed E-state index contributed by atoms with van der Waals surface area (Å²) in [5, 5.41) is 4.96. The van der Waals surface area contributed by atoms with Gasteiger partial charge in [0.25, 0.3) is 0 Å². The van der Waals surface area contributed by atoms with Crippen LogP contribution in [0.4, 0.5) is 5.69 Å². The maximum atomic E-state index is 11.8. The second kappa shape index (κ2) is 7.56.